The van der Waals surface area contributed by atoms with E-state index >= 15 is 0 Å². The molecule has 4 nitrogen and oxygen atoms in total. The van der Waals surface area contributed by atoms with Crippen molar-refractivity contribution < 1.29 is 4.79 Å². The minimum Gasteiger partial charge on any atom is -0.301 e. The zero-order valence-corrected chi connectivity index (χ0v) is 14.3. The van der Waals surface area contributed by atoms with Gasteiger partial charge in [-0.05, 0) is 24.3 Å². The molecule has 5 heteroatoms. The molecule has 1 aliphatic rings. The van der Waals surface area contributed by atoms with Crippen LogP contribution in [0.5, 0.6) is 0 Å². The summed E-state index contributed by atoms with van der Waals surface area (Å²) in [6.45, 7) is 2.07. The van der Waals surface area contributed by atoms with Crippen molar-refractivity contribution in [1.29, 1.82) is 0 Å². The van der Waals surface area contributed by atoms with Crippen molar-refractivity contribution >= 4 is 22.4 Å². The third kappa shape index (κ3) is 4.38. The summed E-state index contributed by atoms with van der Waals surface area (Å²) in [7, 11) is 0. The first-order chi connectivity index (χ1) is 11.2. The molecule has 1 amide bonds. The first-order valence-electron chi connectivity index (χ1n) is 8.40. The lowest BCUT2D eigenvalue weighted by molar-refractivity contribution is -0.116. The predicted octanol–water partition coefficient (Wildman–Crippen LogP) is 4.72. The molecule has 1 aromatic heterocycles. The van der Waals surface area contributed by atoms with Gasteiger partial charge in [-0.2, -0.15) is 0 Å². The Morgan fingerprint density at radius 2 is 1.96 bits per heavy atom. The number of hydrogen-bond donors (Lipinski definition) is 1. The predicted molar refractivity (Wildman–Crippen MR) is 93.8 cm³/mol. The molecule has 0 aliphatic heterocycles. The fraction of sp³-hybridized carbons (Fsp3) is 0.500. The molecule has 1 N–H and O–H groups in total. The van der Waals surface area contributed by atoms with Crippen LogP contribution in [0.1, 0.15) is 67.9 Å². The van der Waals surface area contributed by atoms with Crippen LogP contribution < -0.4 is 5.32 Å². The van der Waals surface area contributed by atoms with Gasteiger partial charge < -0.3 is 5.32 Å². The second-order valence-corrected chi connectivity index (χ2v) is 7.35. The maximum atomic E-state index is 12.2. The molecule has 1 heterocycles. The zero-order valence-electron chi connectivity index (χ0n) is 13.5. The Morgan fingerprint density at radius 3 is 2.70 bits per heavy atom. The van der Waals surface area contributed by atoms with E-state index in [0.717, 1.165) is 5.01 Å². The lowest BCUT2D eigenvalue weighted by Gasteiger charge is -2.18. The van der Waals surface area contributed by atoms with Gasteiger partial charge in [0.05, 0.1) is 0 Å². The number of nitrogens with one attached hydrogen (secondary N) is 1. The van der Waals surface area contributed by atoms with Crippen LogP contribution in [0, 0.1) is 0 Å². The van der Waals surface area contributed by atoms with E-state index in [4.69, 9.17) is 0 Å². The molecule has 3 rings (SSSR count). The average molecular weight is 329 g/mol. The molecule has 23 heavy (non-hydrogen) atoms. The zero-order chi connectivity index (χ0) is 16.1. The third-order valence-electron chi connectivity index (χ3n) is 4.50. The van der Waals surface area contributed by atoms with Gasteiger partial charge in [0.1, 0.15) is 5.01 Å². The quantitative estimate of drug-likeness (QED) is 0.863. The molecule has 1 aliphatic carbocycles. The Labute approximate surface area is 141 Å². The molecule has 1 fully saturated rings. The van der Waals surface area contributed by atoms with Gasteiger partial charge in [0.25, 0.3) is 0 Å². The fourth-order valence-corrected chi connectivity index (χ4v) is 4.08. The molecular weight excluding hydrogens is 306 g/mol. The Hall–Kier alpha value is -1.75. The van der Waals surface area contributed by atoms with E-state index in [0.29, 0.717) is 17.5 Å². The van der Waals surface area contributed by atoms with E-state index in [1.54, 1.807) is 0 Å². The van der Waals surface area contributed by atoms with Gasteiger partial charge in [0.2, 0.25) is 11.0 Å². The van der Waals surface area contributed by atoms with Crippen molar-refractivity contribution in [2.24, 2.45) is 0 Å². The number of carbonyl (C=O) groups is 1. The Balaban J connectivity index is 1.54. The van der Waals surface area contributed by atoms with Crippen molar-refractivity contribution in [3.63, 3.8) is 0 Å². The molecule has 0 radical (unpaired) electrons. The SMILES string of the molecule is C[C@@H](CC(=O)Nc1nnc(C2CCCCC2)s1)c1ccccc1. The number of amides is 1. The summed E-state index contributed by atoms with van der Waals surface area (Å²) >= 11 is 1.54. The van der Waals surface area contributed by atoms with Gasteiger partial charge in [0, 0.05) is 12.3 Å². The molecule has 1 saturated carbocycles. The van der Waals surface area contributed by atoms with E-state index in [9.17, 15) is 4.79 Å². The second kappa shape index (κ2) is 7.68. The van der Waals surface area contributed by atoms with Gasteiger partial charge in [-0.1, -0.05) is 67.9 Å². The van der Waals surface area contributed by atoms with Crippen LogP contribution in [0.4, 0.5) is 5.13 Å². The van der Waals surface area contributed by atoms with Gasteiger partial charge in [-0.3, -0.25) is 4.79 Å². The summed E-state index contributed by atoms with van der Waals surface area (Å²) in [4.78, 5) is 12.2. The fourth-order valence-electron chi connectivity index (χ4n) is 3.15. The first kappa shape index (κ1) is 16.1. The van der Waals surface area contributed by atoms with E-state index in [1.165, 1.54) is 49.0 Å². The van der Waals surface area contributed by atoms with Crippen LogP contribution in [0.15, 0.2) is 30.3 Å². The van der Waals surface area contributed by atoms with Gasteiger partial charge >= 0.3 is 0 Å². The Bertz CT molecular complexity index is 635. The highest BCUT2D eigenvalue weighted by atomic mass is 32.1. The number of carbonyl (C=O) groups excluding carboxylic acids is 1. The van der Waals surface area contributed by atoms with Crippen molar-refractivity contribution in [1.82, 2.24) is 10.2 Å². The van der Waals surface area contributed by atoms with E-state index in [1.807, 2.05) is 18.2 Å². The largest absolute Gasteiger partial charge is 0.301 e. The molecule has 1 aromatic carbocycles. The average Bonchev–Trinajstić information content (AvgIpc) is 3.04. The number of rotatable bonds is 5. The number of aromatic nitrogens is 2. The Morgan fingerprint density at radius 1 is 1.22 bits per heavy atom. The van der Waals surface area contributed by atoms with Crippen LogP contribution >= 0.6 is 11.3 Å². The summed E-state index contributed by atoms with van der Waals surface area (Å²) in [5.74, 6) is 0.741. The lowest BCUT2D eigenvalue weighted by Crippen LogP contribution is -2.14. The highest BCUT2D eigenvalue weighted by Gasteiger charge is 2.20. The van der Waals surface area contributed by atoms with Crippen LogP contribution in [-0.2, 0) is 4.79 Å². The normalized spacial score (nSPS) is 16.9. The molecule has 0 saturated heterocycles. The second-order valence-electron chi connectivity index (χ2n) is 6.34. The molecule has 0 unspecified atom stereocenters. The van der Waals surface area contributed by atoms with E-state index in [-0.39, 0.29) is 11.8 Å². The van der Waals surface area contributed by atoms with Crippen LogP contribution in [0.3, 0.4) is 0 Å². The maximum absolute atomic E-state index is 12.2. The van der Waals surface area contributed by atoms with Crippen LogP contribution in [-0.4, -0.2) is 16.1 Å². The summed E-state index contributed by atoms with van der Waals surface area (Å²) in [6, 6.07) is 10.1. The van der Waals surface area contributed by atoms with Crippen molar-refractivity contribution in [2.75, 3.05) is 5.32 Å². The molecule has 1 atom stereocenters. The minimum atomic E-state index is 0.00713. The molecule has 0 bridgehead atoms. The highest BCUT2D eigenvalue weighted by Crippen LogP contribution is 2.35. The van der Waals surface area contributed by atoms with Gasteiger partial charge in [0.15, 0.2) is 0 Å². The maximum Gasteiger partial charge on any atom is 0.226 e. The van der Waals surface area contributed by atoms with Crippen molar-refractivity contribution in [3.8, 4) is 0 Å². The molecular formula is C18H23N3OS. The topological polar surface area (TPSA) is 54.9 Å². The number of nitrogens with zero attached hydrogens (tertiary/aromatic N) is 2. The number of anilines is 1. The van der Waals surface area contributed by atoms with Gasteiger partial charge in [-0.25, -0.2) is 0 Å². The number of benzene rings is 1. The van der Waals surface area contributed by atoms with Crippen molar-refractivity contribution in [3.05, 3.63) is 40.9 Å². The summed E-state index contributed by atoms with van der Waals surface area (Å²) in [5.41, 5.74) is 1.18. The summed E-state index contributed by atoms with van der Waals surface area (Å²) in [6.07, 6.45) is 6.75. The van der Waals surface area contributed by atoms with E-state index in [2.05, 4.69) is 34.6 Å². The highest BCUT2D eigenvalue weighted by molar-refractivity contribution is 7.15. The summed E-state index contributed by atoms with van der Waals surface area (Å²) in [5, 5.41) is 13.1. The van der Waals surface area contributed by atoms with Crippen LogP contribution in [0.2, 0.25) is 0 Å². The smallest absolute Gasteiger partial charge is 0.226 e. The molecule has 122 valence electrons. The van der Waals surface area contributed by atoms with Crippen molar-refractivity contribution in [2.45, 2.75) is 57.3 Å². The van der Waals surface area contributed by atoms with Gasteiger partial charge in [-0.15, -0.1) is 10.2 Å². The van der Waals surface area contributed by atoms with Crippen LogP contribution in [0.25, 0.3) is 0 Å². The first-order valence-corrected chi connectivity index (χ1v) is 9.22. The standard InChI is InChI=1S/C18H23N3OS/c1-13(14-8-4-2-5-9-14)12-16(22)19-18-21-20-17(23-18)15-10-6-3-7-11-15/h2,4-5,8-9,13,15H,3,6-7,10-12H2,1H3,(H,19,21,22)/t13-/m0/s1. The van der Waals surface area contributed by atoms with E-state index < -0.39 is 0 Å². The third-order valence-corrected chi connectivity index (χ3v) is 5.50. The minimum absolute atomic E-state index is 0.00713. The molecule has 0 spiro atoms. The monoisotopic (exact) mass is 329 g/mol. The Kier molecular flexibility index (Phi) is 5.39. The molecule has 2 aromatic rings. The number of hydrogen-bond acceptors (Lipinski definition) is 4. The lowest BCUT2D eigenvalue weighted by atomic mass is 9.90. The summed E-state index contributed by atoms with van der Waals surface area (Å²) < 4.78 is 0.